The zero-order valence-electron chi connectivity index (χ0n) is 14.4. The third-order valence-electron chi connectivity index (χ3n) is 5.89. The SMILES string of the molecule is NC(=O)C1=C(O)C2(O)C(=O)C3=C(O)c4c(O)ccc(Br)c4CC3CC2CC1=O. The number of hydrogen-bond acceptors (Lipinski definition) is 7. The molecule has 4 rings (SSSR count). The van der Waals surface area contributed by atoms with Crippen LogP contribution >= 0.6 is 15.9 Å². The van der Waals surface area contributed by atoms with Gasteiger partial charge < -0.3 is 26.2 Å². The Labute approximate surface area is 167 Å². The number of benzene rings is 1. The number of fused-ring (bicyclic) bond motifs is 3. The predicted octanol–water partition coefficient (Wildman–Crippen LogP) is 1.19. The molecule has 3 unspecified atom stereocenters. The van der Waals surface area contributed by atoms with E-state index in [2.05, 4.69) is 15.9 Å². The number of ketones is 2. The van der Waals surface area contributed by atoms with Gasteiger partial charge in [0.2, 0.25) is 5.78 Å². The van der Waals surface area contributed by atoms with Crippen molar-refractivity contribution in [2.45, 2.75) is 24.9 Å². The van der Waals surface area contributed by atoms with Gasteiger partial charge in [-0.1, -0.05) is 15.9 Å². The molecule has 28 heavy (non-hydrogen) atoms. The lowest BCUT2D eigenvalue weighted by Crippen LogP contribution is -2.58. The number of carbonyl (C=O) groups excluding carboxylic acids is 3. The predicted molar refractivity (Wildman–Crippen MR) is 99.1 cm³/mol. The fraction of sp³-hybridized carbons (Fsp3) is 0.316. The van der Waals surface area contributed by atoms with Crippen LogP contribution in [0, 0.1) is 11.8 Å². The summed E-state index contributed by atoms with van der Waals surface area (Å²) in [4.78, 5) is 37.0. The summed E-state index contributed by atoms with van der Waals surface area (Å²) in [6, 6.07) is 2.97. The highest BCUT2D eigenvalue weighted by Gasteiger charge is 2.60. The van der Waals surface area contributed by atoms with E-state index in [1.807, 2.05) is 0 Å². The second kappa shape index (κ2) is 5.92. The van der Waals surface area contributed by atoms with E-state index in [-0.39, 0.29) is 36.1 Å². The third-order valence-corrected chi connectivity index (χ3v) is 6.63. The van der Waals surface area contributed by atoms with Crippen molar-refractivity contribution < 1.29 is 34.8 Å². The minimum Gasteiger partial charge on any atom is -0.508 e. The number of aliphatic hydroxyl groups is 3. The van der Waals surface area contributed by atoms with Crippen LogP contribution in [0.1, 0.15) is 24.0 Å². The fourth-order valence-electron chi connectivity index (χ4n) is 4.58. The number of phenols is 1. The highest BCUT2D eigenvalue weighted by Crippen LogP contribution is 2.52. The minimum atomic E-state index is -2.53. The molecule has 0 aliphatic heterocycles. The molecule has 0 heterocycles. The van der Waals surface area contributed by atoms with Crippen molar-refractivity contribution >= 4 is 39.2 Å². The third kappa shape index (κ3) is 2.23. The number of aromatic hydroxyl groups is 1. The van der Waals surface area contributed by atoms with Gasteiger partial charge in [0.25, 0.3) is 5.91 Å². The molecular weight excluding hydrogens is 434 g/mol. The van der Waals surface area contributed by atoms with Gasteiger partial charge in [-0.2, -0.15) is 0 Å². The van der Waals surface area contributed by atoms with Gasteiger partial charge in [0.15, 0.2) is 11.4 Å². The van der Waals surface area contributed by atoms with Crippen molar-refractivity contribution in [1.29, 1.82) is 0 Å². The first-order valence-corrected chi connectivity index (χ1v) is 9.36. The van der Waals surface area contributed by atoms with Gasteiger partial charge in [0.05, 0.1) is 5.56 Å². The number of carbonyl (C=O) groups is 3. The Morgan fingerprint density at radius 3 is 2.50 bits per heavy atom. The summed E-state index contributed by atoms with van der Waals surface area (Å²) in [6.45, 7) is 0. The number of amides is 1. The van der Waals surface area contributed by atoms with Crippen molar-refractivity contribution in [3.8, 4) is 5.75 Å². The quantitative estimate of drug-likeness (QED) is 0.402. The molecule has 1 fully saturated rings. The van der Waals surface area contributed by atoms with Crippen LogP contribution in [0.4, 0.5) is 0 Å². The summed E-state index contributed by atoms with van der Waals surface area (Å²) < 4.78 is 0.637. The summed E-state index contributed by atoms with van der Waals surface area (Å²) >= 11 is 3.37. The van der Waals surface area contributed by atoms with Crippen LogP contribution < -0.4 is 5.73 Å². The summed E-state index contributed by atoms with van der Waals surface area (Å²) in [5.74, 6) is -6.27. The topological polar surface area (TPSA) is 158 Å². The van der Waals surface area contributed by atoms with E-state index in [0.717, 1.165) is 0 Å². The van der Waals surface area contributed by atoms with Crippen LogP contribution in [0.2, 0.25) is 0 Å². The Kier molecular flexibility index (Phi) is 3.95. The Morgan fingerprint density at radius 2 is 1.86 bits per heavy atom. The second-order valence-corrected chi connectivity index (χ2v) is 8.18. The number of phenolic OH excluding ortho intramolecular Hbond substituents is 1. The molecule has 0 bridgehead atoms. The molecule has 0 spiro atoms. The lowest BCUT2D eigenvalue weighted by molar-refractivity contribution is -0.147. The van der Waals surface area contributed by atoms with Crippen LogP contribution in [0.15, 0.2) is 33.5 Å². The molecular formula is C19H16BrNO7. The molecule has 3 aliphatic rings. The van der Waals surface area contributed by atoms with Crippen molar-refractivity contribution in [3.05, 3.63) is 44.6 Å². The molecule has 0 radical (unpaired) electrons. The van der Waals surface area contributed by atoms with Gasteiger partial charge in [-0.25, -0.2) is 0 Å². The van der Waals surface area contributed by atoms with Gasteiger partial charge in [-0.15, -0.1) is 0 Å². The zero-order valence-corrected chi connectivity index (χ0v) is 16.0. The summed E-state index contributed by atoms with van der Waals surface area (Å²) in [6.07, 6.45) is 0.0670. The van der Waals surface area contributed by atoms with E-state index in [1.165, 1.54) is 6.07 Å². The first kappa shape index (κ1) is 18.7. The van der Waals surface area contributed by atoms with Crippen LogP contribution in [-0.4, -0.2) is 43.5 Å². The van der Waals surface area contributed by atoms with E-state index < -0.39 is 52.0 Å². The highest BCUT2D eigenvalue weighted by molar-refractivity contribution is 9.10. The minimum absolute atomic E-state index is 0.0708. The molecule has 9 heteroatoms. The van der Waals surface area contributed by atoms with Gasteiger partial charge in [-0.3, -0.25) is 14.4 Å². The van der Waals surface area contributed by atoms with Crippen molar-refractivity contribution in [2.75, 3.05) is 0 Å². The van der Waals surface area contributed by atoms with Gasteiger partial charge in [0, 0.05) is 22.4 Å². The van der Waals surface area contributed by atoms with Crippen LogP contribution in [0.25, 0.3) is 5.76 Å². The normalized spacial score (nSPS) is 29.4. The molecule has 1 saturated carbocycles. The van der Waals surface area contributed by atoms with Gasteiger partial charge in [0.1, 0.15) is 22.8 Å². The Balaban J connectivity index is 1.95. The number of aliphatic hydroxyl groups excluding tert-OH is 2. The van der Waals surface area contributed by atoms with Crippen LogP contribution in [-0.2, 0) is 20.8 Å². The molecule has 0 saturated heterocycles. The highest BCUT2D eigenvalue weighted by atomic mass is 79.9. The summed E-state index contributed by atoms with van der Waals surface area (Å²) in [5, 5.41) is 42.4. The first-order valence-electron chi connectivity index (χ1n) is 8.56. The van der Waals surface area contributed by atoms with Gasteiger partial charge >= 0.3 is 0 Å². The van der Waals surface area contributed by atoms with E-state index in [0.29, 0.717) is 10.0 Å². The molecule has 0 aromatic heterocycles. The van der Waals surface area contributed by atoms with Crippen LogP contribution in [0.3, 0.4) is 0 Å². The number of primary amides is 1. The molecule has 146 valence electrons. The summed E-state index contributed by atoms with van der Waals surface area (Å²) in [5.41, 5.74) is 2.33. The number of hydrogen-bond donors (Lipinski definition) is 5. The van der Waals surface area contributed by atoms with Crippen LogP contribution in [0.5, 0.6) is 5.75 Å². The zero-order chi connectivity index (χ0) is 20.5. The number of halogens is 1. The van der Waals surface area contributed by atoms with Crippen molar-refractivity contribution in [1.82, 2.24) is 0 Å². The largest absolute Gasteiger partial charge is 0.508 e. The smallest absolute Gasteiger partial charge is 0.255 e. The average molecular weight is 450 g/mol. The molecule has 3 aliphatic carbocycles. The van der Waals surface area contributed by atoms with E-state index in [9.17, 15) is 34.8 Å². The molecule has 8 nitrogen and oxygen atoms in total. The molecule has 1 aromatic rings. The Bertz CT molecular complexity index is 1040. The van der Waals surface area contributed by atoms with E-state index in [4.69, 9.17) is 5.73 Å². The maximum atomic E-state index is 13.2. The Hall–Kier alpha value is -2.65. The molecule has 3 atom stereocenters. The monoisotopic (exact) mass is 449 g/mol. The number of nitrogens with two attached hydrogens (primary N) is 1. The average Bonchev–Trinajstić information content (AvgIpc) is 2.61. The van der Waals surface area contributed by atoms with Crippen molar-refractivity contribution in [3.63, 3.8) is 0 Å². The van der Waals surface area contributed by atoms with E-state index in [1.54, 1.807) is 6.07 Å². The molecule has 1 aromatic carbocycles. The summed E-state index contributed by atoms with van der Waals surface area (Å²) in [7, 11) is 0. The second-order valence-electron chi connectivity index (χ2n) is 7.33. The fourth-order valence-corrected chi connectivity index (χ4v) is 5.08. The first-order chi connectivity index (χ1) is 13.1. The standard InChI is InChI=1S/C19H16BrNO7/c20-9-1-2-10(22)13-8(9)4-6-3-7-5-11(23)14(18(21)27)17(26)19(7,28)16(25)12(6)15(13)24/h1-2,6-7,22,24,26,28H,3-5H2,(H2,21,27). The lowest BCUT2D eigenvalue weighted by Gasteiger charge is -2.46. The number of Topliss-reactive ketones (excluding diaryl/α,β-unsaturated/α-hetero) is 2. The molecule has 1 amide bonds. The van der Waals surface area contributed by atoms with E-state index >= 15 is 0 Å². The number of rotatable bonds is 1. The van der Waals surface area contributed by atoms with Crippen molar-refractivity contribution in [2.24, 2.45) is 17.6 Å². The molecule has 6 N–H and O–H groups in total. The maximum absolute atomic E-state index is 13.2. The maximum Gasteiger partial charge on any atom is 0.255 e. The van der Waals surface area contributed by atoms with Gasteiger partial charge in [-0.05, 0) is 36.5 Å². The Morgan fingerprint density at radius 1 is 1.18 bits per heavy atom. The lowest BCUT2D eigenvalue weighted by atomic mass is 9.59.